The lowest BCUT2D eigenvalue weighted by Gasteiger charge is -2.21. The largest absolute Gasteiger partial charge is 0.480 e. The van der Waals surface area contributed by atoms with E-state index in [0.29, 0.717) is 5.69 Å². The molecule has 0 bridgehead atoms. The van der Waals surface area contributed by atoms with Crippen molar-refractivity contribution in [1.82, 2.24) is 25.9 Å². The summed E-state index contributed by atoms with van der Waals surface area (Å²) in [5, 5.41) is 16.9. The maximum atomic E-state index is 12.8. The molecule has 0 fully saturated rings. The molecule has 1 aromatic heterocycles. The highest BCUT2D eigenvalue weighted by molar-refractivity contribution is 5.92. The van der Waals surface area contributed by atoms with Crippen molar-refractivity contribution in [2.45, 2.75) is 37.9 Å². The summed E-state index contributed by atoms with van der Waals surface area (Å²) in [5.74, 6) is -3.01. The molecule has 31 heavy (non-hydrogen) atoms. The van der Waals surface area contributed by atoms with Gasteiger partial charge in [0.2, 0.25) is 17.7 Å². The van der Waals surface area contributed by atoms with Gasteiger partial charge in [0.05, 0.1) is 18.9 Å². The number of nitrogens with one attached hydrogen (secondary N) is 4. The van der Waals surface area contributed by atoms with E-state index in [1.54, 1.807) is 30.3 Å². The molecule has 0 aliphatic heterocycles. The monoisotopic (exact) mass is 430 g/mol. The molecule has 1 heterocycles. The number of amides is 3. The average Bonchev–Trinajstić information content (AvgIpc) is 3.24. The molecule has 2 rings (SSSR count). The van der Waals surface area contributed by atoms with Gasteiger partial charge in [0.15, 0.2) is 0 Å². The summed E-state index contributed by atoms with van der Waals surface area (Å²) >= 11 is 0. The number of benzene rings is 1. The third-order valence-electron chi connectivity index (χ3n) is 4.36. The Morgan fingerprint density at radius 3 is 2.35 bits per heavy atom. The fourth-order valence-electron chi connectivity index (χ4n) is 2.72. The van der Waals surface area contributed by atoms with Gasteiger partial charge in [-0.2, -0.15) is 0 Å². The second-order valence-corrected chi connectivity index (χ2v) is 7.00. The van der Waals surface area contributed by atoms with Gasteiger partial charge < -0.3 is 31.8 Å². The minimum absolute atomic E-state index is 0.0521. The molecular weight excluding hydrogens is 404 g/mol. The van der Waals surface area contributed by atoms with Crippen molar-refractivity contribution in [3.63, 3.8) is 0 Å². The molecule has 2 aromatic rings. The van der Waals surface area contributed by atoms with E-state index in [-0.39, 0.29) is 19.4 Å². The van der Waals surface area contributed by atoms with Crippen LogP contribution in [-0.2, 0) is 32.0 Å². The van der Waals surface area contributed by atoms with Crippen molar-refractivity contribution in [2.24, 2.45) is 5.73 Å². The topological polar surface area (TPSA) is 179 Å². The van der Waals surface area contributed by atoms with E-state index in [1.807, 2.05) is 0 Å². The summed E-state index contributed by atoms with van der Waals surface area (Å²) in [6, 6.07) is 5.80. The molecule has 11 nitrogen and oxygen atoms in total. The van der Waals surface area contributed by atoms with Crippen LogP contribution < -0.4 is 21.7 Å². The standard InChI is InChI=1S/C20H26N6O5/c1-12(21)18(28)23-10-17(27)25-15(8-14-9-22-11-24-14)19(29)26-16(20(30)31)7-13-5-3-2-4-6-13/h2-6,9,11-12,15-16H,7-8,10,21H2,1H3,(H,22,24)(H,23,28)(H,25,27)(H,26,29)(H,30,31). The van der Waals surface area contributed by atoms with Crippen LogP contribution in [0.2, 0.25) is 0 Å². The van der Waals surface area contributed by atoms with E-state index in [4.69, 9.17) is 5.73 Å². The van der Waals surface area contributed by atoms with Gasteiger partial charge in [0.1, 0.15) is 12.1 Å². The number of imidazole rings is 1. The number of aromatic nitrogens is 2. The van der Waals surface area contributed by atoms with Crippen LogP contribution in [0, 0.1) is 0 Å². The van der Waals surface area contributed by atoms with E-state index < -0.39 is 41.8 Å². The molecule has 0 saturated heterocycles. The first-order valence-electron chi connectivity index (χ1n) is 9.63. The predicted molar refractivity (Wildman–Crippen MR) is 111 cm³/mol. The number of nitrogens with zero attached hydrogens (tertiary/aromatic N) is 1. The van der Waals surface area contributed by atoms with E-state index in [1.165, 1.54) is 19.4 Å². The number of aliphatic carboxylic acids is 1. The molecule has 0 aliphatic rings. The van der Waals surface area contributed by atoms with Crippen molar-refractivity contribution < 1.29 is 24.3 Å². The molecule has 0 saturated carbocycles. The molecule has 7 N–H and O–H groups in total. The highest BCUT2D eigenvalue weighted by atomic mass is 16.4. The number of carboxylic acid groups (broad SMARTS) is 1. The highest BCUT2D eigenvalue weighted by Crippen LogP contribution is 2.05. The molecular formula is C20H26N6O5. The molecule has 1 aromatic carbocycles. The summed E-state index contributed by atoms with van der Waals surface area (Å²) in [4.78, 5) is 55.0. The van der Waals surface area contributed by atoms with Crippen LogP contribution in [-0.4, -0.2) is 63.4 Å². The minimum Gasteiger partial charge on any atom is -0.480 e. The van der Waals surface area contributed by atoms with Crippen LogP contribution in [0.1, 0.15) is 18.2 Å². The van der Waals surface area contributed by atoms with Crippen molar-refractivity contribution >= 4 is 23.7 Å². The number of nitrogens with two attached hydrogens (primary N) is 1. The van der Waals surface area contributed by atoms with Gasteiger partial charge in [-0.05, 0) is 12.5 Å². The van der Waals surface area contributed by atoms with Crippen LogP contribution in [0.4, 0.5) is 0 Å². The first-order valence-corrected chi connectivity index (χ1v) is 9.63. The SMILES string of the molecule is CC(N)C(=O)NCC(=O)NC(Cc1cnc[nH]1)C(=O)NC(Cc1ccccc1)C(=O)O. The number of carboxylic acids is 1. The Morgan fingerprint density at radius 1 is 1.06 bits per heavy atom. The third kappa shape index (κ3) is 7.90. The lowest BCUT2D eigenvalue weighted by Crippen LogP contribution is -2.54. The molecule has 0 radical (unpaired) electrons. The smallest absolute Gasteiger partial charge is 0.326 e. The van der Waals surface area contributed by atoms with Crippen molar-refractivity contribution in [3.05, 3.63) is 54.1 Å². The number of carbonyl (C=O) groups is 4. The van der Waals surface area contributed by atoms with Gasteiger partial charge in [-0.3, -0.25) is 14.4 Å². The van der Waals surface area contributed by atoms with Crippen molar-refractivity contribution in [2.75, 3.05) is 6.54 Å². The Bertz CT molecular complexity index is 885. The van der Waals surface area contributed by atoms with Crippen LogP contribution >= 0.6 is 0 Å². The lowest BCUT2D eigenvalue weighted by atomic mass is 10.0. The summed E-state index contributed by atoms with van der Waals surface area (Å²) in [6.45, 7) is 1.10. The quantitative estimate of drug-likeness (QED) is 0.257. The molecule has 0 spiro atoms. The first-order chi connectivity index (χ1) is 14.8. The summed E-state index contributed by atoms with van der Waals surface area (Å²) in [7, 11) is 0. The molecule has 166 valence electrons. The number of aromatic amines is 1. The maximum Gasteiger partial charge on any atom is 0.326 e. The summed E-state index contributed by atoms with van der Waals surface area (Å²) < 4.78 is 0. The maximum absolute atomic E-state index is 12.8. The predicted octanol–water partition coefficient (Wildman–Crippen LogP) is -1.29. The Balaban J connectivity index is 2.06. The number of carbonyl (C=O) groups excluding carboxylic acids is 3. The zero-order valence-electron chi connectivity index (χ0n) is 17.0. The second kappa shape index (κ2) is 11.5. The van der Waals surface area contributed by atoms with Gasteiger partial charge in [-0.15, -0.1) is 0 Å². The number of hydrogen-bond donors (Lipinski definition) is 6. The fourth-order valence-corrected chi connectivity index (χ4v) is 2.72. The van der Waals surface area contributed by atoms with Gasteiger partial charge in [0.25, 0.3) is 0 Å². The zero-order chi connectivity index (χ0) is 22.8. The average molecular weight is 430 g/mol. The minimum atomic E-state index is -1.20. The van der Waals surface area contributed by atoms with E-state index in [0.717, 1.165) is 5.56 Å². The van der Waals surface area contributed by atoms with Crippen molar-refractivity contribution in [3.8, 4) is 0 Å². The normalized spacial score (nSPS) is 13.5. The van der Waals surface area contributed by atoms with Crippen LogP contribution in [0.25, 0.3) is 0 Å². The number of hydrogen-bond acceptors (Lipinski definition) is 6. The van der Waals surface area contributed by atoms with Crippen LogP contribution in [0.5, 0.6) is 0 Å². The van der Waals surface area contributed by atoms with E-state index >= 15 is 0 Å². The molecule has 3 unspecified atom stereocenters. The molecule has 11 heteroatoms. The Labute approximate surface area is 178 Å². The van der Waals surface area contributed by atoms with Crippen LogP contribution in [0.15, 0.2) is 42.9 Å². The van der Waals surface area contributed by atoms with Gasteiger partial charge >= 0.3 is 5.97 Å². The van der Waals surface area contributed by atoms with Gasteiger partial charge in [-0.25, -0.2) is 9.78 Å². The first kappa shape index (κ1) is 23.5. The van der Waals surface area contributed by atoms with Gasteiger partial charge in [-0.1, -0.05) is 30.3 Å². The molecule has 0 aliphatic carbocycles. The van der Waals surface area contributed by atoms with Gasteiger partial charge in [0, 0.05) is 24.7 Å². The number of rotatable bonds is 11. The van der Waals surface area contributed by atoms with Crippen LogP contribution in [0.3, 0.4) is 0 Å². The highest BCUT2D eigenvalue weighted by Gasteiger charge is 2.27. The Morgan fingerprint density at radius 2 is 1.77 bits per heavy atom. The fraction of sp³-hybridized carbons (Fsp3) is 0.350. The Kier molecular flexibility index (Phi) is 8.70. The Hall–Kier alpha value is -3.73. The zero-order valence-corrected chi connectivity index (χ0v) is 17.0. The van der Waals surface area contributed by atoms with E-state index in [9.17, 15) is 24.3 Å². The lowest BCUT2D eigenvalue weighted by molar-refractivity contribution is -0.142. The molecule has 3 amide bonds. The second-order valence-electron chi connectivity index (χ2n) is 7.00. The summed E-state index contributed by atoms with van der Waals surface area (Å²) in [5.41, 5.74) is 6.74. The van der Waals surface area contributed by atoms with Crippen molar-refractivity contribution in [1.29, 1.82) is 0 Å². The summed E-state index contributed by atoms with van der Waals surface area (Å²) in [6.07, 6.45) is 3.04. The van der Waals surface area contributed by atoms with E-state index in [2.05, 4.69) is 25.9 Å². The molecule has 3 atom stereocenters. The third-order valence-corrected chi connectivity index (χ3v) is 4.36. The number of H-pyrrole nitrogens is 1.